The van der Waals surface area contributed by atoms with Crippen LogP contribution in [0.1, 0.15) is 13.8 Å². The molecule has 1 heteroatoms. The lowest BCUT2D eigenvalue weighted by Gasteiger charge is -2.14. The fourth-order valence-corrected chi connectivity index (χ4v) is 0.451. The molecule has 0 radical (unpaired) electrons. The van der Waals surface area contributed by atoms with Gasteiger partial charge in [0.15, 0.2) is 0 Å². The Morgan fingerprint density at radius 1 is 1.38 bits per heavy atom. The SMILES string of the molecule is C/C=C/C(C)N(C)C. The van der Waals surface area contributed by atoms with Gasteiger partial charge in [-0.1, -0.05) is 12.2 Å². The number of hydrogen-bond acceptors (Lipinski definition) is 1. The molecule has 0 bridgehead atoms. The molecule has 0 fully saturated rings. The maximum Gasteiger partial charge on any atom is 0.0243 e. The van der Waals surface area contributed by atoms with Crippen LogP contribution in [0.25, 0.3) is 0 Å². The Hall–Kier alpha value is -0.300. The van der Waals surface area contributed by atoms with Gasteiger partial charge in [-0.25, -0.2) is 0 Å². The molecule has 0 saturated heterocycles. The molecule has 0 aliphatic carbocycles. The highest BCUT2D eigenvalue weighted by molar-refractivity contribution is 4.87. The molecule has 0 aromatic rings. The lowest BCUT2D eigenvalue weighted by Crippen LogP contribution is -2.21. The number of rotatable bonds is 2. The van der Waals surface area contributed by atoms with Gasteiger partial charge in [0.25, 0.3) is 0 Å². The number of hydrogen-bond donors (Lipinski definition) is 0. The van der Waals surface area contributed by atoms with Crippen molar-refractivity contribution in [3.63, 3.8) is 0 Å². The molecule has 0 aliphatic rings. The monoisotopic (exact) mass is 113 g/mol. The molecule has 48 valence electrons. The van der Waals surface area contributed by atoms with Crippen LogP contribution < -0.4 is 0 Å². The Bertz CT molecular complexity index is 74.5. The minimum absolute atomic E-state index is 0.569. The van der Waals surface area contributed by atoms with Gasteiger partial charge in [-0.2, -0.15) is 0 Å². The number of nitrogens with zero attached hydrogens (tertiary/aromatic N) is 1. The standard InChI is InChI=1S/C7H15N/c1-5-6-7(2)8(3)4/h5-7H,1-4H3/b6-5+. The molecule has 0 N–H and O–H groups in total. The zero-order valence-electron chi connectivity index (χ0n) is 6.18. The van der Waals surface area contributed by atoms with Crippen molar-refractivity contribution in [1.82, 2.24) is 4.90 Å². The van der Waals surface area contributed by atoms with Crippen LogP contribution >= 0.6 is 0 Å². The molecular formula is C7H15N. The quantitative estimate of drug-likeness (QED) is 0.491. The van der Waals surface area contributed by atoms with Crippen LogP contribution in [0.3, 0.4) is 0 Å². The summed E-state index contributed by atoms with van der Waals surface area (Å²) in [6, 6.07) is 0.569. The molecule has 0 spiro atoms. The van der Waals surface area contributed by atoms with Gasteiger partial charge in [-0.15, -0.1) is 0 Å². The Kier molecular flexibility index (Phi) is 3.53. The fourth-order valence-electron chi connectivity index (χ4n) is 0.451. The zero-order chi connectivity index (χ0) is 6.57. The molecule has 1 unspecified atom stereocenters. The van der Waals surface area contributed by atoms with Crippen molar-refractivity contribution in [2.75, 3.05) is 14.1 Å². The fraction of sp³-hybridized carbons (Fsp3) is 0.714. The normalized spacial score (nSPS) is 15.6. The predicted octanol–water partition coefficient (Wildman–Crippen LogP) is 1.51. The minimum Gasteiger partial charge on any atom is -0.303 e. The first-order chi connectivity index (χ1) is 3.68. The van der Waals surface area contributed by atoms with Crippen LogP contribution in [0.5, 0.6) is 0 Å². The van der Waals surface area contributed by atoms with Gasteiger partial charge >= 0.3 is 0 Å². The van der Waals surface area contributed by atoms with E-state index in [9.17, 15) is 0 Å². The lowest BCUT2D eigenvalue weighted by atomic mass is 10.3. The third kappa shape index (κ3) is 2.80. The van der Waals surface area contributed by atoms with E-state index >= 15 is 0 Å². The van der Waals surface area contributed by atoms with Gasteiger partial charge in [-0.05, 0) is 27.9 Å². The smallest absolute Gasteiger partial charge is 0.0243 e. The third-order valence-electron chi connectivity index (χ3n) is 1.29. The van der Waals surface area contributed by atoms with E-state index in [4.69, 9.17) is 0 Å². The second kappa shape index (κ2) is 3.67. The third-order valence-corrected chi connectivity index (χ3v) is 1.29. The zero-order valence-corrected chi connectivity index (χ0v) is 6.18. The molecule has 0 aliphatic heterocycles. The molecule has 0 aromatic heterocycles. The van der Waals surface area contributed by atoms with E-state index in [1.54, 1.807) is 0 Å². The van der Waals surface area contributed by atoms with Crippen LogP contribution in [0.4, 0.5) is 0 Å². The van der Waals surface area contributed by atoms with Crippen molar-refractivity contribution in [3.05, 3.63) is 12.2 Å². The summed E-state index contributed by atoms with van der Waals surface area (Å²) in [6.45, 7) is 4.21. The van der Waals surface area contributed by atoms with Crippen molar-refractivity contribution in [2.24, 2.45) is 0 Å². The van der Waals surface area contributed by atoms with Crippen molar-refractivity contribution in [3.8, 4) is 0 Å². The van der Waals surface area contributed by atoms with E-state index in [0.717, 1.165) is 0 Å². The van der Waals surface area contributed by atoms with E-state index in [0.29, 0.717) is 6.04 Å². The highest BCUT2D eigenvalue weighted by Gasteiger charge is 1.94. The van der Waals surface area contributed by atoms with Crippen molar-refractivity contribution >= 4 is 0 Å². The molecule has 1 atom stereocenters. The lowest BCUT2D eigenvalue weighted by molar-refractivity contribution is 0.364. The largest absolute Gasteiger partial charge is 0.303 e. The van der Waals surface area contributed by atoms with Crippen LogP contribution in [-0.4, -0.2) is 25.0 Å². The predicted molar refractivity (Wildman–Crippen MR) is 38.0 cm³/mol. The maximum atomic E-state index is 2.17. The van der Waals surface area contributed by atoms with Crippen LogP contribution in [-0.2, 0) is 0 Å². The van der Waals surface area contributed by atoms with Gasteiger partial charge in [0.05, 0.1) is 0 Å². The second-order valence-corrected chi connectivity index (χ2v) is 2.23. The van der Waals surface area contributed by atoms with Gasteiger partial charge in [0.2, 0.25) is 0 Å². The molecule has 0 amide bonds. The Balaban J connectivity index is 3.47. The van der Waals surface area contributed by atoms with Gasteiger partial charge < -0.3 is 4.90 Å². The molecule has 1 nitrogen and oxygen atoms in total. The summed E-state index contributed by atoms with van der Waals surface area (Å²) in [7, 11) is 4.15. The number of allylic oxidation sites excluding steroid dienone is 1. The summed E-state index contributed by atoms with van der Waals surface area (Å²) in [5.74, 6) is 0. The van der Waals surface area contributed by atoms with Crippen molar-refractivity contribution in [1.29, 1.82) is 0 Å². The van der Waals surface area contributed by atoms with E-state index in [1.807, 2.05) is 6.92 Å². The van der Waals surface area contributed by atoms with Gasteiger partial charge in [-0.3, -0.25) is 0 Å². The van der Waals surface area contributed by atoms with Crippen LogP contribution in [0.15, 0.2) is 12.2 Å². The summed E-state index contributed by atoms with van der Waals surface area (Å²) in [5, 5.41) is 0. The molecule has 0 rings (SSSR count). The summed E-state index contributed by atoms with van der Waals surface area (Å²) in [6.07, 6.45) is 4.24. The van der Waals surface area contributed by atoms with E-state index in [1.165, 1.54) is 0 Å². The van der Waals surface area contributed by atoms with Crippen LogP contribution in [0.2, 0.25) is 0 Å². The summed E-state index contributed by atoms with van der Waals surface area (Å²) >= 11 is 0. The second-order valence-electron chi connectivity index (χ2n) is 2.23. The highest BCUT2D eigenvalue weighted by atomic mass is 15.1. The summed E-state index contributed by atoms with van der Waals surface area (Å²) in [5.41, 5.74) is 0. The Morgan fingerprint density at radius 3 is 2.00 bits per heavy atom. The van der Waals surface area contributed by atoms with Gasteiger partial charge in [0, 0.05) is 6.04 Å². The van der Waals surface area contributed by atoms with Crippen molar-refractivity contribution < 1.29 is 0 Å². The van der Waals surface area contributed by atoms with E-state index < -0.39 is 0 Å². The Morgan fingerprint density at radius 2 is 1.88 bits per heavy atom. The first-order valence-electron chi connectivity index (χ1n) is 2.97. The van der Waals surface area contributed by atoms with Gasteiger partial charge in [0.1, 0.15) is 0 Å². The topological polar surface area (TPSA) is 3.24 Å². The summed E-state index contributed by atoms with van der Waals surface area (Å²) in [4.78, 5) is 2.17. The van der Waals surface area contributed by atoms with Crippen LogP contribution in [0, 0.1) is 0 Å². The molecule has 8 heavy (non-hydrogen) atoms. The number of likely N-dealkylation sites (N-methyl/N-ethyl adjacent to an activating group) is 1. The average Bonchev–Trinajstić information content (AvgIpc) is 1.67. The molecule has 0 heterocycles. The Labute approximate surface area is 52.0 Å². The average molecular weight is 113 g/mol. The first kappa shape index (κ1) is 7.70. The highest BCUT2D eigenvalue weighted by Crippen LogP contribution is 1.91. The molecular weight excluding hydrogens is 98.1 g/mol. The van der Waals surface area contributed by atoms with Crippen molar-refractivity contribution in [2.45, 2.75) is 19.9 Å². The molecule has 0 aromatic carbocycles. The van der Waals surface area contributed by atoms with E-state index in [-0.39, 0.29) is 0 Å². The van der Waals surface area contributed by atoms with E-state index in [2.05, 4.69) is 38.1 Å². The molecule has 0 saturated carbocycles. The summed E-state index contributed by atoms with van der Waals surface area (Å²) < 4.78 is 0. The maximum absolute atomic E-state index is 2.17. The first-order valence-corrected chi connectivity index (χ1v) is 2.97. The minimum atomic E-state index is 0.569.